The highest BCUT2D eigenvalue weighted by Gasteiger charge is 2.14. The molecule has 0 saturated carbocycles. The van der Waals surface area contributed by atoms with Crippen molar-refractivity contribution in [3.63, 3.8) is 0 Å². The monoisotopic (exact) mass is 378 g/mol. The Hall–Kier alpha value is -1.60. The molecule has 0 amide bonds. The van der Waals surface area contributed by atoms with E-state index in [1.54, 1.807) is 16.2 Å². The average molecular weight is 379 g/mol. The minimum Gasteiger partial charge on any atom is -0.490 e. The van der Waals surface area contributed by atoms with E-state index in [0.29, 0.717) is 13.2 Å². The van der Waals surface area contributed by atoms with Gasteiger partial charge in [-0.15, -0.1) is 11.3 Å². The maximum absolute atomic E-state index is 5.95. The molecule has 2 aromatic rings. The summed E-state index contributed by atoms with van der Waals surface area (Å²) in [6, 6.07) is 10.4. The summed E-state index contributed by atoms with van der Waals surface area (Å²) in [5, 5.41) is 4.44. The Bertz CT molecular complexity index is 643. The van der Waals surface area contributed by atoms with Crippen LogP contribution in [0.2, 0.25) is 0 Å². The van der Waals surface area contributed by atoms with E-state index in [1.807, 2.05) is 19.1 Å². The molecule has 0 atom stereocenters. The summed E-state index contributed by atoms with van der Waals surface area (Å²) >= 11 is 1.71. The Morgan fingerprint density at radius 2 is 2.04 bits per heavy atom. The zero-order chi connectivity index (χ0) is 18.0. The second-order valence-corrected chi connectivity index (χ2v) is 7.51. The first-order chi connectivity index (χ1) is 12.8. The lowest BCUT2D eigenvalue weighted by atomic mass is 10.2. The highest BCUT2D eigenvalue weighted by Crippen LogP contribution is 2.29. The van der Waals surface area contributed by atoms with Crippen molar-refractivity contribution < 1.29 is 24.4 Å². The van der Waals surface area contributed by atoms with E-state index in [-0.39, 0.29) is 0 Å². The molecule has 1 aliphatic heterocycles. The van der Waals surface area contributed by atoms with E-state index in [2.05, 4.69) is 28.9 Å². The van der Waals surface area contributed by atoms with Gasteiger partial charge in [-0.3, -0.25) is 0 Å². The number of quaternary nitrogens is 2. The van der Waals surface area contributed by atoms with Gasteiger partial charge in [-0.25, -0.2) is 0 Å². The SMILES string of the molecule is CCOc1cc(C[NH2+]CC[NH+]2CCOCC2)ccc1OCc1cccs1. The van der Waals surface area contributed by atoms with Gasteiger partial charge in [-0.2, -0.15) is 0 Å². The number of nitrogens with two attached hydrogens (primary N) is 1. The lowest BCUT2D eigenvalue weighted by Crippen LogP contribution is -3.16. The quantitative estimate of drug-likeness (QED) is 0.599. The Labute approximate surface area is 159 Å². The Kier molecular flexibility index (Phi) is 7.76. The molecule has 0 unspecified atom stereocenters. The van der Waals surface area contributed by atoms with Crippen LogP contribution in [0, 0.1) is 0 Å². The molecule has 6 heteroatoms. The van der Waals surface area contributed by atoms with Crippen molar-refractivity contribution in [3.8, 4) is 11.5 Å². The molecule has 5 nitrogen and oxygen atoms in total. The number of hydrogen-bond acceptors (Lipinski definition) is 4. The Morgan fingerprint density at radius 1 is 1.15 bits per heavy atom. The molecule has 0 spiro atoms. The van der Waals surface area contributed by atoms with Gasteiger partial charge in [0.15, 0.2) is 11.5 Å². The number of benzene rings is 1. The molecule has 1 saturated heterocycles. The number of rotatable bonds is 10. The number of hydrogen-bond donors (Lipinski definition) is 2. The fourth-order valence-electron chi connectivity index (χ4n) is 3.10. The molecule has 1 aliphatic rings. The molecule has 3 N–H and O–H groups in total. The second-order valence-electron chi connectivity index (χ2n) is 6.48. The van der Waals surface area contributed by atoms with Crippen LogP contribution >= 0.6 is 11.3 Å². The Balaban J connectivity index is 1.48. The average Bonchev–Trinajstić information content (AvgIpc) is 3.19. The number of morpholine rings is 1. The van der Waals surface area contributed by atoms with Crippen LogP contribution in [-0.2, 0) is 17.9 Å². The molecular weight excluding hydrogens is 348 g/mol. The van der Waals surface area contributed by atoms with Crippen molar-refractivity contribution in [1.82, 2.24) is 0 Å². The molecule has 2 heterocycles. The molecule has 1 aromatic heterocycles. The normalized spacial score (nSPS) is 15.1. The van der Waals surface area contributed by atoms with Crippen LogP contribution in [0.3, 0.4) is 0 Å². The maximum Gasteiger partial charge on any atom is 0.161 e. The minimum absolute atomic E-state index is 0.589. The van der Waals surface area contributed by atoms with E-state index in [0.717, 1.165) is 50.9 Å². The lowest BCUT2D eigenvalue weighted by Gasteiger charge is -2.22. The van der Waals surface area contributed by atoms with Crippen LogP contribution in [-0.4, -0.2) is 46.0 Å². The Morgan fingerprint density at radius 3 is 2.81 bits per heavy atom. The zero-order valence-corrected chi connectivity index (χ0v) is 16.4. The lowest BCUT2D eigenvalue weighted by molar-refractivity contribution is -0.920. The summed E-state index contributed by atoms with van der Waals surface area (Å²) in [4.78, 5) is 2.87. The summed E-state index contributed by atoms with van der Waals surface area (Å²) in [7, 11) is 0. The van der Waals surface area contributed by atoms with E-state index in [4.69, 9.17) is 14.2 Å². The first-order valence-electron chi connectivity index (χ1n) is 9.49. The van der Waals surface area contributed by atoms with Crippen LogP contribution in [0.15, 0.2) is 35.7 Å². The van der Waals surface area contributed by atoms with Gasteiger partial charge in [-0.05, 0) is 36.6 Å². The topological polar surface area (TPSA) is 48.7 Å². The highest BCUT2D eigenvalue weighted by atomic mass is 32.1. The van der Waals surface area contributed by atoms with Crippen LogP contribution in [0.25, 0.3) is 0 Å². The largest absolute Gasteiger partial charge is 0.490 e. The van der Waals surface area contributed by atoms with Gasteiger partial charge >= 0.3 is 0 Å². The van der Waals surface area contributed by atoms with Crippen LogP contribution in [0.4, 0.5) is 0 Å². The van der Waals surface area contributed by atoms with Crippen molar-refractivity contribution >= 4 is 11.3 Å². The van der Waals surface area contributed by atoms with Gasteiger partial charge in [0, 0.05) is 10.4 Å². The molecule has 26 heavy (non-hydrogen) atoms. The highest BCUT2D eigenvalue weighted by molar-refractivity contribution is 7.09. The molecule has 0 bridgehead atoms. The summed E-state index contributed by atoms with van der Waals surface area (Å²) < 4.78 is 17.2. The van der Waals surface area contributed by atoms with Crippen molar-refractivity contribution in [2.45, 2.75) is 20.1 Å². The summed E-state index contributed by atoms with van der Waals surface area (Å²) in [5.41, 5.74) is 1.27. The van der Waals surface area contributed by atoms with Crippen LogP contribution in [0.1, 0.15) is 17.4 Å². The van der Waals surface area contributed by atoms with Crippen LogP contribution in [0.5, 0.6) is 11.5 Å². The van der Waals surface area contributed by atoms with E-state index < -0.39 is 0 Å². The fraction of sp³-hybridized carbons (Fsp3) is 0.500. The van der Waals surface area contributed by atoms with Gasteiger partial charge in [0.05, 0.1) is 19.8 Å². The standard InChI is InChI=1S/C20H28N2O3S/c1-2-24-20-14-17(15-21-7-8-22-9-11-23-12-10-22)5-6-19(20)25-16-18-4-3-13-26-18/h3-6,13-14,21H,2,7-12,15-16H2,1H3/p+2. The van der Waals surface area contributed by atoms with E-state index in [1.165, 1.54) is 17.0 Å². The third-order valence-electron chi connectivity index (χ3n) is 4.54. The predicted octanol–water partition coefficient (Wildman–Crippen LogP) is 0.704. The molecule has 1 aromatic carbocycles. The number of nitrogens with one attached hydrogen (secondary N) is 1. The number of thiophene rings is 1. The van der Waals surface area contributed by atoms with Crippen molar-refractivity contribution in [1.29, 1.82) is 0 Å². The van der Waals surface area contributed by atoms with Gasteiger partial charge in [0.2, 0.25) is 0 Å². The van der Waals surface area contributed by atoms with Gasteiger partial charge in [0.25, 0.3) is 0 Å². The fourth-order valence-corrected chi connectivity index (χ4v) is 3.71. The van der Waals surface area contributed by atoms with Crippen LogP contribution < -0.4 is 19.7 Å². The van der Waals surface area contributed by atoms with Crippen molar-refractivity contribution in [2.24, 2.45) is 0 Å². The molecule has 0 aliphatic carbocycles. The summed E-state index contributed by atoms with van der Waals surface area (Å²) in [6.07, 6.45) is 0. The van der Waals surface area contributed by atoms with Crippen molar-refractivity contribution in [3.05, 3.63) is 46.2 Å². The maximum atomic E-state index is 5.95. The van der Waals surface area contributed by atoms with E-state index >= 15 is 0 Å². The second kappa shape index (κ2) is 10.5. The third kappa shape index (κ3) is 5.99. The third-order valence-corrected chi connectivity index (χ3v) is 5.39. The smallest absolute Gasteiger partial charge is 0.161 e. The van der Waals surface area contributed by atoms with Crippen molar-refractivity contribution in [2.75, 3.05) is 46.0 Å². The summed E-state index contributed by atoms with van der Waals surface area (Å²) in [6.45, 7) is 10.6. The summed E-state index contributed by atoms with van der Waals surface area (Å²) in [5.74, 6) is 1.66. The minimum atomic E-state index is 0.589. The molecule has 0 radical (unpaired) electrons. The molecule has 1 fully saturated rings. The van der Waals surface area contributed by atoms with Gasteiger partial charge < -0.3 is 24.4 Å². The first kappa shape index (κ1) is 19.2. The number of ether oxygens (including phenoxy) is 3. The molecular formula is C20H30N2O3S+2. The molecule has 142 valence electrons. The first-order valence-corrected chi connectivity index (χ1v) is 10.4. The van der Waals surface area contributed by atoms with Gasteiger partial charge in [0.1, 0.15) is 39.3 Å². The van der Waals surface area contributed by atoms with Gasteiger partial charge in [-0.1, -0.05) is 6.07 Å². The van der Waals surface area contributed by atoms with E-state index in [9.17, 15) is 0 Å². The zero-order valence-electron chi connectivity index (χ0n) is 15.5. The molecule has 3 rings (SSSR count). The predicted molar refractivity (Wildman–Crippen MR) is 103 cm³/mol.